The summed E-state index contributed by atoms with van der Waals surface area (Å²) in [5.74, 6) is 0.938. The molecule has 2 aromatic carbocycles. The minimum absolute atomic E-state index is 0.162. The number of carbonyl (C=O) groups excluding carboxylic acids is 1. The van der Waals surface area contributed by atoms with Gasteiger partial charge in [-0.25, -0.2) is 0 Å². The van der Waals surface area contributed by atoms with Crippen molar-refractivity contribution in [2.24, 2.45) is 5.92 Å². The predicted octanol–water partition coefficient (Wildman–Crippen LogP) is 3.82. The average molecular weight is 350 g/mol. The SMILES string of the molecule is O=C(CSc1cccc2cccc(Cl)c12)N1CCC(CO)CC1. The molecular formula is C18H20ClNO2S. The van der Waals surface area contributed by atoms with Gasteiger partial charge in [0, 0.05) is 35.0 Å². The second-order valence-electron chi connectivity index (χ2n) is 5.89. The Hall–Kier alpha value is -1.23. The summed E-state index contributed by atoms with van der Waals surface area (Å²) < 4.78 is 0. The van der Waals surface area contributed by atoms with Gasteiger partial charge in [-0.15, -0.1) is 11.8 Å². The van der Waals surface area contributed by atoms with Crippen LogP contribution in [-0.2, 0) is 4.79 Å². The highest BCUT2D eigenvalue weighted by molar-refractivity contribution is 8.00. The fraction of sp³-hybridized carbons (Fsp3) is 0.389. The van der Waals surface area contributed by atoms with E-state index < -0.39 is 0 Å². The Bertz CT molecular complexity index is 693. The van der Waals surface area contributed by atoms with E-state index in [1.54, 1.807) is 11.8 Å². The molecule has 1 amide bonds. The number of aliphatic hydroxyl groups is 1. The molecule has 1 saturated heterocycles. The van der Waals surface area contributed by atoms with Gasteiger partial charge in [-0.2, -0.15) is 0 Å². The van der Waals surface area contributed by atoms with Crippen LogP contribution in [0.25, 0.3) is 10.8 Å². The highest BCUT2D eigenvalue weighted by Gasteiger charge is 2.22. The van der Waals surface area contributed by atoms with Crippen molar-refractivity contribution in [2.75, 3.05) is 25.4 Å². The quantitative estimate of drug-likeness (QED) is 0.853. The largest absolute Gasteiger partial charge is 0.396 e. The maximum absolute atomic E-state index is 12.4. The van der Waals surface area contributed by atoms with Gasteiger partial charge in [0.1, 0.15) is 0 Å². The zero-order chi connectivity index (χ0) is 16.2. The van der Waals surface area contributed by atoms with Crippen molar-refractivity contribution in [3.8, 4) is 0 Å². The molecule has 1 aliphatic heterocycles. The number of halogens is 1. The number of amides is 1. The summed E-state index contributed by atoms with van der Waals surface area (Å²) in [5.41, 5.74) is 0. The monoisotopic (exact) mass is 349 g/mol. The van der Waals surface area contributed by atoms with Crippen LogP contribution in [0.4, 0.5) is 0 Å². The lowest BCUT2D eigenvalue weighted by Gasteiger charge is -2.31. The molecule has 0 aliphatic carbocycles. The minimum atomic E-state index is 0.162. The summed E-state index contributed by atoms with van der Waals surface area (Å²) in [7, 11) is 0. The highest BCUT2D eigenvalue weighted by atomic mass is 35.5. The van der Waals surface area contributed by atoms with E-state index in [0.717, 1.165) is 46.6 Å². The molecule has 0 unspecified atom stereocenters. The third-order valence-corrected chi connectivity index (χ3v) is 5.75. The Morgan fingerprint density at radius 2 is 1.91 bits per heavy atom. The Labute approximate surface area is 145 Å². The smallest absolute Gasteiger partial charge is 0.232 e. The molecule has 0 atom stereocenters. The number of hydrogen-bond donors (Lipinski definition) is 1. The highest BCUT2D eigenvalue weighted by Crippen LogP contribution is 2.33. The second-order valence-corrected chi connectivity index (χ2v) is 7.31. The van der Waals surface area contributed by atoms with E-state index in [9.17, 15) is 9.90 Å². The molecule has 1 N–H and O–H groups in total. The van der Waals surface area contributed by atoms with E-state index in [1.165, 1.54) is 0 Å². The molecule has 0 bridgehead atoms. The first kappa shape index (κ1) is 16.6. The lowest BCUT2D eigenvalue weighted by Crippen LogP contribution is -2.40. The zero-order valence-corrected chi connectivity index (χ0v) is 14.4. The minimum Gasteiger partial charge on any atom is -0.396 e. The van der Waals surface area contributed by atoms with Gasteiger partial charge in [0.05, 0.1) is 5.75 Å². The Morgan fingerprint density at radius 1 is 1.22 bits per heavy atom. The maximum Gasteiger partial charge on any atom is 0.232 e. The van der Waals surface area contributed by atoms with E-state index in [1.807, 2.05) is 41.3 Å². The Kier molecular flexibility index (Phi) is 5.46. The van der Waals surface area contributed by atoms with Crippen molar-refractivity contribution in [3.63, 3.8) is 0 Å². The van der Waals surface area contributed by atoms with E-state index >= 15 is 0 Å². The van der Waals surface area contributed by atoms with Crippen molar-refractivity contribution < 1.29 is 9.90 Å². The number of thioether (sulfide) groups is 1. The summed E-state index contributed by atoms with van der Waals surface area (Å²) in [6.45, 7) is 1.73. The van der Waals surface area contributed by atoms with Crippen LogP contribution in [0.3, 0.4) is 0 Å². The molecule has 3 rings (SSSR count). The molecule has 0 radical (unpaired) electrons. The number of piperidine rings is 1. The number of aliphatic hydroxyl groups excluding tert-OH is 1. The Morgan fingerprint density at radius 3 is 2.61 bits per heavy atom. The standard InChI is InChI=1S/C18H20ClNO2S/c19-15-5-1-3-14-4-2-6-16(18(14)15)23-12-17(22)20-9-7-13(11-21)8-10-20/h1-6,13,21H,7-12H2. The Balaban J connectivity index is 1.66. The van der Waals surface area contributed by atoms with Crippen LogP contribution in [0.15, 0.2) is 41.3 Å². The molecule has 5 heteroatoms. The topological polar surface area (TPSA) is 40.5 Å². The number of nitrogens with zero attached hydrogens (tertiary/aromatic N) is 1. The molecular weight excluding hydrogens is 330 g/mol. The third kappa shape index (κ3) is 3.82. The van der Waals surface area contributed by atoms with E-state index in [4.69, 9.17) is 11.6 Å². The van der Waals surface area contributed by atoms with Gasteiger partial charge >= 0.3 is 0 Å². The molecule has 2 aromatic rings. The molecule has 1 aliphatic rings. The number of hydrogen-bond acceptors (Lipinski definition) is 3. The van der Waals surface area contributed by atoms with Gasteiger partial charge < -0.3 is 10.0 Å². The van der Waals surface area contributed by atoms with Crippen LogP contribution in [-0.4, -0.2) is 41.4 Å². The molecule has 0 spiro atoms. The fourth-order valence-electron chi connectivity index (χ4n) is 2.98. The van der Waals surface area contributed by atoms with Crippen LogP contribution in [0.5, 0.6) is 0 Å². The summed E-state index contributed by atoms with van der Waals surface area (Å²) in [5, 5.41) is 12.0. The van der Waals surface area contributed by atoms with Gasteiger partial charge in [-0.1, -0.05) is 35.9 Å². The van der Waals surface area contributed by atoms with Gasteiger partial charge in [0.25, 0.3) is 0 Å². The predicted molar refractivity (Wildman–Crippen MR) is 96.1 cm³/mol. The number of rotatable bonds is 4. The molecule has 23 heavy (non-hydrogen) atoms. The van der Waals surface area contributed by atoms with Crippen LogP contribution < -0.4 is 0 Å². The van der Waals surface area contributed by atoms with E-state index in [-0.39, 0.29) is 12.5 Å². The summed E-state index contributed by atoms with van der Waals surface area (Å²) in [6, 6.07) is 11.9. The zero-order valence-electron chi connectivity index (χ0n) is 12.9. The van der Waals surface area contributed by atoms with Gasteiger partial charge in [-0.05, 0) is 36.3 Å². The van der Waals surface area contributed by atoms with Gasteiger partial charge in [-0.3, -0.25) is 4.79 Å². The molecule has 1 fully saturated rings. The first-order valence-corrected chi connectivity index (χ1v) is 9.24. The normalized spacial score (nSPS) is 16.0. The van der Waals surface area contributed by atoms with Crippen molar-refractivity contribution in [1.29, 1.82) is 0 Å². The van der Waals surface area contributed by atoms with Crippen LogP contribution >= 0.6 is 23.4 Å². The number of carbonyl (C=O) groups is 1. The van der Waals surface area contributed by atoms with Gasteiger partial charge in [0.2, 0.25) is 5.91 Å². The lowest BCUT2D eigenvalue weighted by molar-refractivity contribution is -0.129. The van der Waals surface area contributed by atoms with Crippen molar-refractivity contribution in [3.05, 3.63) is 41.4 Å². The van der Waals surface area contributed by atoms with E-state index in [2.05, 4.69) is 0 Å². The number of benzene rings is 2. The molecule has 1 heterocycles. The number of fused-ring (bicyclic) bond motifs is 1. The van der Waals surface area contributed by atoms with E-state index in [0.29, 0.717) is 11.7 Å². The summed E-state index contributed by atoms with van der Waals surface area (Å²) in [6.07, 6.45) is 1.79. The maximum atomic E-state index is 12.4. The fourth-order valence-corrected chi connectivity index (χ4v) is 4.33. The average Bonchev–Trinajstić information content (AvgIpc) is 2.60. The first-order valence-electron chi connectivity index (χ1n) is 7.87. The van der Waals surface area contributed by atoms with Crippen molar-refractivity contribution in [1.82, 2.24) is 4.90 Å². The van der Waals surface area contributed by atoms with Crippen molar-refractivity contribution in [2.45, 2.75) is 17.7 Å². The van der Waals surface area contributed by atoms with Crippen molar-refractivity contribution >= 4 is 40.0 Å². The van der Waals surface area contributed by atoms with Crippen LogP contribution in [0, 0.1) is 5.92 Å². The number of likely N-dealkylation sites (tertiary alicyclic amines) is 1. The summed E-state index contributed by atoms with van der Waals surface area (Å²) in [4.78, 5) is 15.4. The summed E-state index contributed by atoms with van der Waals surface area (Å²) >= 11 is 7.87. The lowest BCUT2D eigenvalue weighted by atomic mass is 9.98. The first-order chi connectivity index (χ1) is 11.2. The second kappa shape index (κ2) is 7.56. The third-order valence-electron chi connectivity index (χ3n) is 4.39. The molecule has 0 saturated carbocycles. The molecule has 122 valence electrons. The molecule has 3 nitrogen and oxygen atoms in total. The van der Waals surface area contributed by atoms with Gasteiger partial charge in [0.15, 0.2) is 0 Å². The molecule has 0 aromatic heterocycles. The van der Waals surface area contributed by atoms with Crippen LogP contribution in [0.1, 0.15) is 12.8 Å². The van der Waals surface area contributed by atoms with Crippen LogP contribution in [0.2, 0.25) is 5.02 Å².